The number of ether oxygens (including phenoxy) is 2. The molecule has 0 amide bonds. The van der Waals surface area contributed by atoms with E-state index in [1.807, 2.05) is 6.92 Å². The summed E-state index contributed by atoms with van der Waals surface area (Å²) in [5.41, 5.74) is 0. The molecule has 0 bridgehead atoms. The molecule has 3 heteroatoms. The summed E-state index contributed by atoms with van der Waals surface area (Å²) in [4.78, 5) is 0. The van der Waals surface area contributed by atoms with E-state index in [1.165, 1.54) is 13.2 Å². The van der Waals surface area contributed by atoms with Gasteiger partial charge in [-0.05, 0) is 19.1 Å². The van der Waals surface area contributed by atoms with Gasteiger partial charge in [0.05, 0.1) is 13.7 Å². The van der Waals surface area contributed by atoms with Gasteiger partial charge in [-0.1, -0.05) is 0 Å². The van der Waals surface area contributed by atoms with Gasteiger partial charge in [-0.2, -0.15) is 0 Å². The monoisotopic (exact) mass is 167 g/mol. The Morgan fingerprint density at radius 2 is 2.33 bits per heavy atom. The van der Waals surface area contributed by atoms with Gasteiger partial charge in [-0.25, -0.2) is 0 Å². The summed E-state index contributed by atoms with van der Waals surface area (Å²) in [7, 11) is 1.51. The lowest BCUT2D eigenvalue weighted by molar-refractivity contribution is 0.293. The van der Waals surface area contributed by atoms with Crippen LogP contribution in [0.3, 0.4) is 0 Å². The van der Waals surface area contributed by atoms with Crippen molar-refractivity contribution in [3.05, 3.63) is 18.2 Å². The Kier molecular flexibility index (Phi) is 2.80. The normalized spacial score (nSPS) is 9.50. The van der Waals surface area contributed by atoms with Crippen molar-refractivity contribution in [2.75, 3.05) is 13.7 Å². The Morgan fingerprint density at radius 1 is 1.58 bits per heavy atom. The summed E-state index contributed by atoms with van der Waals surface area (Å²) < 4.78 is 10.1. The van der Waals surface area contributed by atoms with E-state index in [4.69, 9.17) is 9.47 Å². The molecule has 0 aliphatic heterocycles. The molecule has 0 aliphatic rings. The predicted octanol–water partition coefficient (Wildman–Crippen LogP) is 1.60. The Morgan fingerprint density at radius 3 is 2.92 bits per heavy atom. The lowest BCUT2D eigenvalue weighted by atomic mass is 10.3. The standard InChI is InChI=1S/C9H11O3/c1-3-12-9-7(10)5-4-6-8(9)11-2/h4-5,10H,3H2,1-2H3. The van der Waals surface area contributed by atoms with E-state index in [0.717, 1.165) is 0 Å². The Labute approximate surface area is 71.5 Å². The van der Waals surface area contributed by atoms with E-state index in [1.54, 1.807) is 6.07 Å². The zero-order valence-electron chi connectivity index (χ0n) is 7.13. The van der Waals surface area contributed by atoms with Crippen LogP contribution < -0.4 is 9.47 Å². The number of hydrogen-bond donors (Lipinski definition) is 1. The molecule has 0 atom stereocenters. The molecule has 1 N–H and O–H groups in total. The van der Waals surface area contributed by atoms with E-state index < -0.39 is 0 Å². The van der Waals surface area contributed by atoms with Crippen LogP contribution in [0.1, 0.15) is 6.92 Å². The first-order valence-electron chi connectivity index (χ1n) is 3.70. The molecule has 0 unspecified atom stereocenters. The van der Waals surface area contributed by atoms with Gasteiger partial charge in [0.15, 0.2) is 11.5 Å². The molecule has 65 valence electrons. The molecular weight excluding hydrogens is 156 g/mol. The minimum absolute atomic E-state index is 0.0763. The zero-order chi connectivity index (χ0) is 8.97. The molecule has 1 rings (SSSR count). The highest BCUT2D eigenvalue weighted by Gasteiger charge is 2.08. The Hall–Kier alpha value is -1.38. The van der Waals surface area contributed by atoms with Crippen LogP contribution >= 0.6 is 0 Å². The first-order chi connectivity index (χ1) is 5.79. The highest BCUT2D eigenvalue weighted by Crippen LogP contribution is 2.35. The third-order valence-corrected chi connectivity index (χ3v) is 1.39. The molecule has 1 radical (unpaired) electrons. The minimum atomic E-state index is 0.0763. The fourth-order valence-corrected chi connectivity index (χ4v) is 0.889. The van der Waals surface area contributed by atoms with Crippen LogP contribution in [0.25, 0.3) is 0 Å². The van der Waals surface area contributed by atoms with Crippen molar-refractivity contribution >= 4 is 0 Å². The molecule has 1 aromatic rings. The average Bonchev–Trinajstić information content (AvgIpc) is 2.09. The number of benzene rings is 1. The summed E-state index contributed by atoms with van der Waals surface area (Å²) in [6.07, 6.45) is 0. The van der Waals surface area contributed by atoms with E-state index in [9.17, 15) is 5.11 Å². The SMILES string of the molecule is CCOc1c(OC)[c]ccc1O. The van der Waals surface area contributed by atoms with Crippen LogP contribution in [0.4, 0.5) is 0 Å². The quantitative estimate of drug-likeness (QED) is 0.743. The predicted molar refractivity (Wildman–Crippen MR) is 44.7 cm³/mol. The molecule has 0 heterocycles. The summed E-state index contributed by atoms with van der Waals surface area (Å²) >= 11 is 0. The minimum Gasteiger partial charge on any atom is -0.504 e. The first-order valence-corrected chi connectivity index (χ1v) is 3.70. The number of phenolic OH excluding ortho intramolecular Hbond substituents is 1. The average molecular weight is 167 g/mol. The van der Waals surface area contributed by atoms with E-state index in [2.05, 4.69) is 6.07 Å². The maximum Gasteiger partial charge on any atom is 0.203 e. The molecule has 0 saturated heterocycles. The van der Waals surface area contributed by atoms with Crippen molar-refractivity contribution in [1.29, 1.82) is 0 Å². The van der Waals surface area contributed by atoms with Crippen LogP contribution in [0.15, 0.2) is 12.1 Å². The van der Waals surface area contributed by atoms with Crippen LogP contribution in [0.2, 0.25) is 0 Å². The van der Waals surface area contributed by atoms with Crippen molar-refractivity contribution in [2.24, 2.45) is 0 Å². The topological polar surface area (TPSA) is 38.7 Å². The fraction of sp³-hybridized carbons (Fsp3) is 0.333. The second-order valence-corrected chi connectivity index (χ2v) is 2.16. The Bertz CT molecular complexity index is 258. The maximum absolute atomic E-state index is 9.33. The first kappa shape index (κ1) is 8.71. The third-order valence-electron chi connectivity index (χ3n) is 1.39. The van der Waals surface area contributed by atoms with Crippen molar-refractivity contribution in [1.82, 2.24) is 0 Å². The van der Waals surface area contributed by atoms with Gasteiger partial charge in [0.2, 0.25) is 5.75 Å². The van der Waals surface area contributed by atoms with Gasteiger partial charge < -0.3 is 14.6 Å². The van der Waals surface area contributed by atoms with Crippen LogP contribution in [0, 0.1) is 6.07 Å². The van der Waals surface area contributed by atoms with Crippen LogP contribution in [0.5, 0.6) is 17.2 Å². The molecular formula is C9H11O3. The Balaban J connectivity index is 3.02. The van der Waals surface area contributed by atoms with Gasteiger partial charge in [0.25, 0.3) is 0 Å². The fourth-order valence-electron chi connectivity index (χ4n) is 0.889. The summed E-state index contributed by atoms with van der Waals surface area (Å²) in [6, 6.07) is 5.89. The van der Waals surface area contributed by atoms with E-state index in [-0.39, 0.29) is 5.75 Å². The summed E-state index contributed by atoms with van der Waals surface area (Å²) in [6.45, 7) is 2.33. The molecule has 0 aromatic heterocycles. The van der Waals surface area contributed by atoms with Crippen molar-refractivity contribution in [3.63, 3.8) is 0 Å². The van der Waals surface area contributed by atoms with Crippen LogP contribution in [-0.2, 0) is 0 Å². The second-order valence-electron chi connectivity index (χ2n) is 2.16. The van der Waals surface area contributed by atoms with Crippen LogP contribution in [-0.4, -0.2) is 18.8 Å². The van der Waals surface area contributed by atoms with Crippen molar-refractivity contribution in [2.45, 2.75) is 6.92 Å². The van der Waals surface area contributed by atoms with Crippen molar-refractivity contribution in [3.8, 4) is 17.2 Å². The molecule has 0 aliphatic carbocycles. The van der Waals surface area contributed by atoms with E-state index in [0.29, 0.717) is 18.1 Å². The van der Waals surface area contributed by atoms with Gasteiger partial charge in [-0.15, -0.1) is 0 Å². The number of hydrogen-bond acceptors (Lipinski definition) is 3. The molecule has 0 fully saturated rings. The number of rotatable bonds is 3. The largest absolute Gasteiger partial charge is 0.504 e. The number of methoxy groups -OCH3 is 1. The number of phenols is 1. The summed E-state index contributed by atoms with van der Waals surface area (Å²) in [5, 5.41) is 9.33. The summed E-state index contributed by atoms with van der Waals surface area (Å²) in [5.74, 6) is 0.854. The molecule has 3 nitrogen and oxygen atoms in total. The number of aromatic hydroxyl groups is 1. The molecule has 0 saturated carbocycles. The molecule has 12 heavy (non-hydrogen) atoms. The highest BCUT2D eigenvalue weighted by atomic mass is 16.5. The second kappa shape index (κ2) is 3.85. The van der Waals surface area contributed by atoms with Gasteiger partial charge in [-0.3, -0.25) is 0 Å². The molecule has 1 aromatic carbocycles. The molecule has 0 spiro atoms. The van der Waals surface area contributed by atoms with E-state index >= 15 is 0 Å². The van der Waals surface area contributed by atoms with Gasteiger partial charge >= 0.3 is 0 Å². The maximum atomic E-state index is 9.33. The lowest BCUT2D eigenvalue weighted by Crippen LogP contribution is -1.95. The smallest absolute Gasteiger partial charge is 0.203 e. The highest BCUT2D eigenvalue weighted by molar-refractivity contribution is 5.49. The zero-order valence-corrected chi connectivity index (χ0v) is 7.13. The van der Waals surface area contributed by atoms with Gasteiger partial charge in [0, 0.05) is 6.07 Å². The lowest BCUT2D eigenvalue weighted by Gasteiger charge is -2.09. The van der Waals surface area contributed by atoms with Gasteiger partial charge in [0.1, 0.15) is 0 Å². The third kappa shape index (κ3) is 1.61. The van der Waals surface area contributed by atoms with Crippen molar-refractivity contribution < 1.29 is 14.6 Å².